The minimum atomic E-state index is -0.748. The van der Waals surface area contributed by atoms with Crippen LogP contribution in [0.25, 0.3) is 6.08 Å². The Kier molecular flexibility index (Phi) is 8.01. The Morgan fingerprint density at radius 2 is 1.73 bits per heavy atom. The minimum absolute atomic E-state index is 0.265. The van der Waals surface area contributed by atoms with Crippen LogP contribution in [0.5, 0.6) is 5.75 Å². The van der Waals surface area contributed by atoms with Crippen molar-refractivity contribution in [3.63, 3.8) is 0 Å². The number of halogens is 3. The van der Waals surface area contributed by atoms with Crippen LogP contribution in [-0.2, 0) is 6.42 Å². The summed E-state index contributed by atoms with van der Waals surface area (Å²) in [6.45, 7) is 2.09. The predicted octanol–water partition coefficient (Wildman–Crippen LogP) is 7.83. The SMILES string of the molecule is CCCCCc1ccc(C=CC2CCC(c3ccc(OC)c(F)c3)CC2)c(F)c1F. The number of unbranched alkanes of at least 4 members (excludes halogenated alkanes) is 2. The maximum absolute atomic E-state index is 14.4. The van der Waals surface area contributed by atoms with Gasteiger partial charge in [-0.05, 0) is 73.6 Å². The van der Waals surface area contributed by atoms with Crippen LogP contribution in [0, 0.1) is 23.4 Å². The van der Waals surface area contributed by atoms with Crippen LogP contribution in [0.1, 0.15) is 74.5 Å². The Bertz CT molecular complexity index is 867. The lowest BCUT2D eigenvalue weighted by molar-refractivity contribution is 0.370. The fraction of sp³-hybridized carbons (Fsp3) is 0.462. The van der Waals surface area contributed by atoms with E-state index in [9.17, 15) is 13.2 Å². The molecule has 4 heteroatoms. The third-order valence-corrected chi connectivity index (χ3v) is 6.21. The van der Waals surface area contributed by atoms with Gasteiger partial charge in [0.25, 0.3) is 0 Å². The summed E-state index contributed by atoms with van der Waals surface area (Å²) in [5.74, 6) is -0.863. The molecule has 0 bridgehead atoms. The van der Waals surface area contributed by atoms with Crippen LogP contribution in [-0.4, -0.2) is 7.11 Å². The number of rotatable bonds is 8. The summed E-state index contributed by atoms with van der Waals surface area (Å²) in [5.41, 5.74) is 1.78. The number of benzene rings is 2. The molecule has 1 saturated carbocycles. The van der Waals surface area contributed by atoms with Crippen LogP contribution in [0.3, 0.4) is 0 Å². The topological polar surface area (TPSA) is 9.23 Å². The van der Waals surface area contributed by atoms with E-state index in [4.69, 9.17) is 4.74 Å². The van der Waals surface area contributed by atoms with Gasteiger partial charge in [0.05, 0.1) is 7.11 Å². The van der Waals surface area contributed by atoms with Crippen LogP contribution < -0.4 is 4.74 Å². The summed E-state index contributed by atoms with van der Waals surface area (Å²) in [6, 6.07) is 8.58. The lowest BCUT2D eigenvalue weighted by Gasteiger charge is -2.27. The van der Waals surface area contributed by atoms with Crippen molar-refractivity contribution >= 4 is 6.08 Å². The molecule has 162 valence electrons. The summed E-state index contributed by atoms with van der Waals surface area (Å²) in [4.78, 5) is 0. The number of ether oxygens (including phenoxy) is 1. The van der Waals surface area contributed by atoms with E-state index in [1.54, 1.807) is 30.3 Å². The van der Waals surface area contributed by atoms with E-state index >= 15 is 0 Å². The highest BCUT2D eigenvalue weighted by Crippen LogP contribution is 2.37. The second kappa shape index (κ2) is 10.7. The number of aryl methyl sites for hydroxylation is 1. The van der Waals surface area contributed by atoms with Gasteiger partial charge in [-0.25, -0.2) is 13.2 Å². The van der Waals surface area contributed by atoms with Gasteiger partial charge in [-0.3, -0.25) is 0 Å². The third-order valence-electron chi connectivity index (χ3n) is 6.21. The van der Waals surface area contributed by atoms with E-state index in [0.29, 0.717) is 29.4 Å². The number of hydrogen-bond donors (Lipinski definition) is 0. The van der Waals surface area contributed by atoms with Gasteiger partial charge in [-0.2, -0.15) is 0 Å². The molecule has 0 radical (unpaired) electrons. The van der Waals surface area contributed by atoms with Crippen molar-refractivity contribution in [1.82, 2.24) is 0 Å². The highest BCUT2D eigenvalue weighted by molar-refractivity contribution is 5.51. The fourth-order valence-electron chi connectivity index (χ4n) is 4.31. The normalized spacial score (nSPS) is 19.4. The van der Waals surface area contributed by atoms with Gasteiger partial charge >= 0.3 is 0 Å². The van der Waals surface area contributed by atoms with Crippen LogP contribution >= 0.6 is 0 Å². The molecular formula is C26H31F3O. The Hall–Kier alpha value is -2.23. The molecule has 1 aliphatic rings. The van der Waals surface area contributed by atoms with Gasteiger partial charge in [-0.1, -0.05) is 50.1 Å². The van der Waals surface area contributed by atoms with Crippen molar-refractivity contribution in [3.05, 3.63) is 70.5 Å². The molecule has 0 atom stereocenters. The molecule has 2 aromatic rings. The Morgan fingerprint density at radius 1 is 0.967 bits per heavy atom. The average molecular weight is 417 g/mol. The smallest absolute Gasteiger partial charge is 0.166 e. The molecule has 2 aromatic carbocycles. The first-order valence-corrected chi connectivity index (χ1v) is 11.0. The Morgan fingerprint density at radius 3 is 2.40 bits per heavy atom. The Labute approximate surface area is 178 Å². The fourth-order valence-corrected chi connectivity index (χ4v) is 4.31. The zero-order chi connectivity index (χ0) is 21.5. The van der Waals surface area contributed by atoms with Crippen molar-refractivity contribution in [1.29, 1.82) is 0 Å². The summed E-state index contributed by atoms with van der Waals surface area (Å²) >= 11 is 0. The molecule has 30 heavy (non-hydrogen) atoms. The predicted molar refractivity (Wildman–Crippen MR) is 116 cm³/mol. The first kappa shape index (κ1) is 22.5. The van der Waals surface area contributed by atoms with E-state index in [1.807, 2.05) is 12.1 Å². The van der Waals surface area contributed by atoms with Gasteiger partial charge in [-0.15, -0.1) is 0 Å². The second-order valence-electron chi connectivity index (χ2n) is 8.26. The molecule has 1 nitrogen and oxygen atoms in total. The molecule has 0 unspecified atom stereocenters. The molecule has 0 heterocycles. The van der Waals surface area contributed by atoms with E-state index in [-0.39, 0.29) is 11.6 Å². The largest absolute Gasteiger partial charge is 0.494 e. The number of methoxy groups -OCH3 is 1. The molecule has 0 aliphatic heterocycles. The second-order valence-corrected chi connectivity index (χ2v) is 8.26. The van der Waals surface area contributed by atoms with Gasteiger partial charge < -0.3 is 4.74 Å². The standard InChI is InChI=1S/C26H31F3O/c1-3-4-5-6-20-13-14-21(26(29)25(20)28)12-9-18-7-10-19(11-8-18)22-15-16-24(30-2)23(27)17-22/h9,12-19H,3-8,10-11H2,1-2H3. The van der Waals surface area contributed by atoms with Crippen molar-refractivity contribution in [3.8, 4) is 5.75 Å². The lowest BCUT2D eigenvalue weighted by atomic mass is 9.78. The molecular weight excluding hydrogens is 385 g/mol. The first-order chi connectivity index (χ1) is 14.5. The van der Waals surface area contributed by atoms with Crippen LogP contribution in [0.4, 0.5) is 13.2 Å². The summed E-state index contributed by atoms with van der Waals surface area (Å²) < 4.78 is 47.7. The summed E-state index contributed by atoms with van der Waals surface area (Å²) in [6.07, 6.45) is 11.1. The monoisotopic (exact) mass is 416 g/mol. The third kappa shape index (κ3) is 5.47. The van der Waals surface area contributed by atoms with Crippen molar-refractivity contribution in [2.45, 2.75) is 64.2 Å². The van der Waals surface area contributed by atoms with Gasteiger partial charge in [0.15, 0.2) is 23.2 Å². The molecule has 0 N–H and O–H groups in total. The first-order valence-electron chi connectivity index (χ1n) is 11.0. The average Bonchev–Trinajstić information content (AvgIpc) is 2.76. The van der Waals surface area contributed by atoms with Crippen LogP contribution in [0.15, 0.2) is 36.4 Å². The lowest BCUT2D eigenvalue weighted by Crippen LogP contribution is -2.12. The molecule has 3 rings (SSSR count). The summed E-state index contributed by atoms with van der Waals surface area (Å²) in [7, 11) is 1.46. The van der Waals surface area contributed by atoms with Gasteiger partial charge in [0.2, 0.25) is 0 Å². The molecule has 0 amide bonds. The van der Waals surface area contributed by atoms with Crippen molar-refractivity contribution < 1.29 is 17.9 Å². The van der Waals surface area contributed by atoms with Gasteiger partial charge in [0, 0.05) is 5.56 Å². The molecule has 0 spiro atoms. The number of allylic oxidation sites excluding steroid dienone is 1. The van der Waals surface area contributed by atoms with Crippen molar-refractivity contribution in [2.75, 3.05) is 7.11 Å². The molecule has 0 saturated heterocycles. The zero-order valence-electron chi connectivity index (χ0n) is 17.9. The van der Waals surface area contributed by atoms with E-state index in [1.165, 1.54) is 7.11 Å². The molecule has 0 aromatic heterocycles. The van der Waals surface area contributed by atoms with Crippen LogP contribution in [0.2, 0.25) is 0 Å². The van der Waals surface area contributed by atoms with Crippen molar-refractivity contribution in [2.24, 2.45) is 5.92 Å². The summed E-state index contributed by atoms with van der Waals surface area (Å²) in [5, 5.41) is 0. The quantitative estimate of drug-likeness (QED) is 0.398. The molecule has 1 fully saturated rings. The molecule has 1 aliphatic carbocycles. The maximum Gasteiger partial charge on any atom is 0.166 e. The minimum Gasteiger partial charge on any atom is -0.494 e. The highest BCUT2D eigenvalue weighted by atomic mass is 19.2. The highest BCUT2D eigenvalue weighted by Gasteiger charge is 2.22. The Balaban J connectivity index is 1.58. The van der Waals surface area contributed by atoms with E-state index in [2.05, 4.69) is 6.92 Å². The maximum atomic E-state index is 14.4. The van der Waals surface area contributed by atoms with Gasteiger partial charge in [0.1, 0.15) is 0 Å². The van der Waals surface area contributed by atoms with E-state index in [0.717, 1.165) is 50.5 Å². The van der Waals surface area contributed by atoms with E-state index < -0.39 is 11.6 Å². The zero-order valence-corrected chi connectivity index (χ0v) is 17.9. The number of hydrogen-bond acceptors (Lipinski definition) is 1.